The van der Waals surface area contributed by atoms with Crippen molar-refractivity contribution < 1.29 is 13.2 Å². The van der Waals surface area contributed by atoms with E-state index >= 15 is 0 Å². The molecule has 1 saturated heterocycles. The van der Waals surface area contributed by atoms with Gasteiger partial charge in [0.25, 0.3) is 0 Å². The van der Waals surface area contributed by atoms with Gasteiger partial charge in [-0.2, -0.15) is 0 Å². The van der Waals surface area contributed by atoms with Gasteiger partial charge in [-0.3, -0.25) is 4.79 Å². The summed E-state index contributed by atoms with van der Waals surface area (Å²) < 4.78 is 27.9. The number of aryl methyl sites for hydroxylation is 1. The van der Waals surface area contributed by atoms with Crippen LogP contribution in [-0.4, -0.2) is 32.5 Å². The first-order valence-corrected chi connectivity index (χ1v) is 10.1. The van der Waals surface area contributed by atoms with E-state index in [1.807, 2.05) is 0 Å². The maximum atomic E-state index is 12.6. The van der Waals surface area contributed by atoms with Crippen LogP contribution in [0, 0.1) is 12.8 Å². The number of piperidine rings is 1. The second-order valence-electron chi connectivity index (χ2n) is 7.90. The third kappa shape index (κ3) is 6.23. The van der Waals surface area contributed by atoms with Crippen molar-refractivity contribution in [2.75, 3.05) is 11.9 Å². The first kappa shape index (κ1) is 22.9. The summed E-state index contributed by atoms with van der Waals surface area (Å²) in [5.41, 5.74) is 0.580. The highest BCUT2D eigenvalue weighted by Crippen LogP contribution is 2.23. The number of carbonyl (C=O) groups excluding carboxylic acids is 1. The molecule has 1 fully saturated rings. The number of rotatable bonds is 4. The standard InChI is InChI=1S/C18H29N3O3S.ClH/c1-12-6-7-15(11-16(12)25(23,24)21-18(3,4)5)20-17(22)14-8-9-19-13(2)10-14;/h6-7,11,13-14,19,21H,8-10H2,1-5H3,(H,20,22);1H/t13-,14-;/m0./s1. The molecule has 1 aliphatic rings. The molecule has 2 atom stereocenters. The van der Waals surface area contributed by atoms with Crippen LogP contribution >= 0.6 is 12.4 Å². The van der Waals surface area contributed by atoms with Crippen LogP contribution in [0.25, 0.3) is 0 Å². The molecule has 6 nitrogen and oxygen atoms in total. The van der Waals surface area contributed by atoms with Gasteiger partial charge in [-0.25, -0.2) is 13.1 Å². The van der Waals surface area contributed by atoms with E-state index in [1.165, 1.54) is 6.07 Å². The number of carbonyl (C=O) groups is 1. The van der Waals surface area contributed by atoms with Gasteiger partial charge in [0.15, 0.2) is 0 Å². The number of benzene rings is 1. The Morgan fingerprint density at radius 3 is 2.50 bits per heavy atom. The molecule has 1 amide bonds. The molecule has 1 aromatic carbocycles. The van der Waals surface area contributed by atoms with Gasteiger partial charge in [0, 0.05) is 23.2 Å². The number of amides is 1. The number of hydrogen-bond donors (Lipinski definition) is 3. The van der Waals surface area contributed by atoms with Crippen molar-refractivity contribution in [2.45, 2.75) is 63.9 Å². The molecule has 1 aliphatic heterocycles. The van der Waals surface area contributed by atoms with Gasteiger partial charge in [0.1, 0.15) is 0 Å². The fourth-order valence-corrected chi connectivity index (χ4v) is 4.73. The fourth-order valence-electron chi connectivity index (χ4n) is 3.04. The highest BCUT2D eigenvalue weighted by Gasteiger charge is 2.26. The zero-order chi connectivity index (χ0) is 18.8. The minimum absolute atomic E-state index is 0. The van der Waals surface area contributed by atoms with E-state index in [9.17, 15) is 13.2 Å². The minimum Gasteiger partial charge on any atom is -0.326 e. The molecule has 0 aromatic heterocycles. The van der Waals surface area contributed by atoms with E-state index < -0.39 is 15.6 Å². The molecule has 8 heteroatoms. The van der Waals surface area contributed by atoms with Crippen LogP contribution < -0.4 is 15.4 Å². The van der Waals surface area contributed by atoms with Crippen LogP contribution in [0.2, 0.25) is 0 Å². The number of halogens is 1. The molecule has 1 heterocycles. The predicted octanol–water partition coefficient (Wildman–Crippen LogP) is 2.82. The Balaban J connectivity index is 0.00000338. The summed E-state index contributed by atoms with van der Waals surface area (Å²) in [6.07, 6.45) is 1.58. The highest BCUT2D eigenvalue weighted by atomic mass is 35.5. The van der Waals surface area contributed by atoms with Crippen LogP contribution in [0.15, 0.2) is 23.1 Å². The van der Waals surface area contributed by atoms with E-state index in [0.29, 0.717) is 17.3 Å². The summed E-state index contributed by atoms with van der Waals surface area (Å²) in [6.45, 7) is 10.0. The normalized spacial score (nSPS) is 21.0. The maximum absolute atomic E-state index is 12.6. The van der Waals surface area contributed by atoms with Crippen LogP contribution in [-0.2, 0) is 14.8 Å². The lowest BCUT2D eigenvalue weighted by Crippen LogP contribution is -2.41. The third-order valence-electron chi connectivity index (χ3n) is 4.18. The molecular weight excluding hydrogens is 374 g/mol. The molecule has 2 rings (SSSR count). The number of hydrogen-bond acceptors (Lipinski definition) is 4. The zero-order valence-corrected chi connectivity index (χ0v) is 17.7. The molecule has 3 N–H and O–H groups in total. The van der Waals surface area contributed by atoms with Gasteiger partial charge in [-0.15, -0.1) is 12.4 Å². The summed E-state index contributed by atoms with van der Waals surface area (Å²) in [4.78, 5) is 12.7. The maximum Gasteiger partial charge on any atom is 0.241 e. The van der Waals surface area contributed by atoms with Crippen molar-refractivity contribution in [1.29, 1.82) is 0 Å². The van der Waals surface area contributed by atoms with Crippen LogP contribution in [0.1, 0.15) is 46.1 Å². The Morgan fingerprint density at radius 1 is 1.27 bits per heavy atom. The van der Waals surface area contributed by atoms with E-state index in [-0.39, 0.29) is 29.1 Å². The monoisotopic (exact) mass is 403 g/mol. The number of nitrogens with one attached hydrogen (secondary N) is 3. The average Bonchev–Trinajstić information content (AvgIpc) is 2.46. The van der Waals surface area contributed by atoms with E-state index in [1.54, 1.807) is 39.8 Å². The van der Waals surface area contributed by atoms with Crippen LogP contribution in [0.5, 0.6) is 0 Å². The lowest BCUT2D eigenvalue weighted by Gasteiger charge is -2.27. The van der Waals surface area contributed by atoms with Gasteiger partial charge in [0.05, 0.1) is 4.90 Å². The fraction of sp³-hybridized carbons (Fsp3) is 0.611. The lowest BCUT2D eigenvalue weighted by atomic mass is 9.92. The molecule has 0 spiro atoms. The first-order valence-electron chi connectivity index (χ1n) is 8.67. The molecule has 0 unspecified atom stereocenters. The Morgan fingerprint density at radius 2 is 1.92 bits per heavy atom. The Kier molecular flexibility index (Phi) is 7.65. The van der Waals surface area contributed by atoms with Crippen molar-refractivity contribution in [1.82, 2.24) is 10.0 Å². The van der Waals surface area contributed by atoms with Gasteiger partial charge in [0.2, 0.25) is 15.9 Å². The van der Waals surface area contributed by atoms with Gasteiger partial charge in [-0.05, 0) is 71.7 Å². The quantitative estimate of drug-likeness (QED) is 0.721. The first-order chi connectivity index (χ1) is 11.5. The second-order valence-corrected chi connectivity index (χ2v) is 9.55. The van der Waals surface area contributed by atoms with Gasteiger partial charge in [-0.1, -0.05) is 6.07 Å². The molecule has 0 aliphatic carbocycles. The minimum atomic E-state index is -3.65. The van der Waals surface area contributed by atoms with E-state index in [4.69, 9.17) is 0 Å². The summed E-state index contributed by atoms with van der Waals surface area (Å²) in [6, 6.07) is 5.31. The Bertz CT molecular complexity index is 745. The van der Waals surface area contributed by atoms with Crippen molar-refractivity contribution in [3.63, 3.8) is 0 Å². The molecule has 26 heavy (non-hydrogen) atoms. The van der Waals surface area contributed by atoms with Crippen LogP contribution in [0.3, 0.4) is 0 Å². The molecule has 0 saturated carbocycles. The molecular formula is C18H30ClN3O3S. The van der Waals surface area contributed by atoms with E-state index in [2.05, 4.69) is 22.3 Å². The third-order valence-corrected chi connectivity index (χ3v) is 6.08. The summed E-state index contributed by atoms with van der Waals surface area (Å²) in [5.74, 6) is -0.102. The average molecular weight is 404 g/mol. The van der Waals surface area contributed by atoms with Crippen LogP contribution in [0.4, 0.5) is 5.69 Å². The largest absolute Gasteiger partial charge is 0.326 e. The molecule has 0 radical (unpaired) electrons. The topological polar surface area (TPSA) is 87.3 Å². The number of anilines is 1. The predicted molar refractivity (Wildman–Crippen MR) is 107 cm³/mol. The van der Waals surface area contributed by atoms with Gasteiger partial charge >= 0.3 is 0 Å². The number of sulfonamides is 1. The highest BCUT2D eigenvalue weighted by molar-refractivity contribution is 7.89. The van der Waals surface area contributed by atoms with Crippen molar-refractivity contribution in [2.24, 2.45) is 5.92 Å². The van der Waals surface area contributed by atoms with Crippen molar-refractivity contribution >= 4 is 34.0 Å². The SMILES string of the molecule is Cc1ccc(NC(=O)[C@H]2CCN[C@@H](C)C2)cc1S(=O)(=O)NC(C)(C)C.Cl. The zero-order valence-electron chi connectivity index (χ0n) is 16.0. The smallest absolute Gasteiger partial charge is 0.241 e. The van der Waals surface area contributed by atoms with Crippen molar-refractivity contribution in [3.8, 4) is 0 Å². The molecule has 1 aromatic rings. The van der Waals surface area contributed by atoms with Crippen molar-refractivity contribution in [3.05, 3.63) is 23.8 Å². The molecule has 148 valence electrons. The van der Waals surface area contributed by atoms with Gasteiger partial charge < -0.3 is 10.6 Å². The lowest BCUT2D eigenvalue weighted by molar-refractivity contribution is -0.120. The summed E-state index contributed by atoms with van der Waals surface area (Å²) in [7, 11) is -3.65. The second kappa shape index (κ2) is 8.69. The summed E-state index contributed by atoms with van der Waals surface area (Å²) >= 11 is 0. The van der Waals surface area contributed by atoms with E-state index in [0.717, 1.165) is 19.4 Å². The summed E-state index contributed by atoms with van der Waals surface area (Å²) in [5, 5.41) is 6.20. The Hall–Kier alpha value is -1.15. The molecule has 0 bridgehead atoms. The Labute approximate surface area is 163 Å².